The molecular weight excluding hydrogens is 368 g/mol. The van der Waals surface area contributed by atoms with Gasteiger partial charge in [-0.15, -0.1) is 10.2 Å². The van der Waals surface area contributed by atoms with Crippen molar-refractivity contribution in [3.8, 4) is 0 Å². The van der Waals surface area contributed by atoms with Gasteiger partial charge in [-0.05, 0) is 31.2 Å². The number of aromatic nitrogens is 3. The Kier molecular flexibility index (Phi) is 5.81. The molecule has 0 radical (unpaired) electrons. The average molecular weight is 385 g/mol. The summed E-state index contributed by atoms with van der Waals surface area (Å²) in [5.41, 5.74) is 3.08. The summed E-state index contributed by atoms with van der Waals surface area (Å²) in [7, 11) is 1.87. The van der Waals surface area contributed by atoms with Crippen molar-refractivity contribution >= 4 is 39.3 Å². The number of halogens is 1. The number of anilines is 1. The molecule has 0 bridgehead atoms. The Balaban J connectivity index is 2.04. The van der Waals surface area contributed by atoms with Gasteiger partial charge in [0.1, 0.15) is 0 Å². The minimum absolute atomic E-state index is 0.0173. The van der Waals surface area contributed by atoms with Gasteiger partial charge in [0.25, 0.3) is 0 Å². The molecule has 1 heterocycles. The molecule has 118 valence electrons. The molecule has 4 N–H and O–H groups in total. The first-order valence-electron chi connectivity index (χ1n) is 6.55. The van der Waals surface area contributed by atoms with E-state index in [0.29, 0.717) is 5.16 Å². The fraction of sp³-hybridized carbons (Fsp3) is 0.308. The van der Waals surface area contributed by atoms with Crippen LogP contribution in [0.25, 0.3) is 0 Å². The zero-order chi connectivity index (χ0) is 16.1. The molecule has 1 amide bonds. The van der Waals surface area contributed by atoms with Gasteiger partial charge in [0, 0.05) is 17.2 Å². The maximum absolute atomic E-state index is 11.2. The van der Waals surface area contributed by atoms with E-state index in [1.165, 1.54) is 11.8 Å². The number of hydrogen-bond acceptors (Lipinski definition) is 6. The number of carbonyl (C=O) groups excluding carboxylic acids is 1. The summed E-state index contributed by atoms with van der Waals surface area (Å²) in [4.78, 5) is 11.2. The SMILES string of the molecule is CC(Nc1ccc(Br)cc1)c1nnc(SCC(=O)NN)n1C. The van der Waals surface area contributed by atoms with Crippen molar-refractivity contribution in [3.63, 3.8) is 0 Å². The van der Waals surface area contributed by atoms with Crippen molar-refractivity contribution in [2.45, 2.75) is 18.1 Å². The predicted molar refractivity (Wildman–Crippen MR) is 90.2 cm³/mol. The first-order valence-corrected chi connectivity index (χ1v) is 8.32. The van der Waals surface area contributed by atoms with Crippen molar-refractivity contribution in [2.24, 2.45) is 12.9 Å². The highest BCUT2D eigenvalue weighted by Crippen LogP contribution is 2.22. The summed E-state index contributed by atoms with van der Waals surface area (Å²) in [6.07, 6.45) is 0. The third kappa shape index (κ3) is 4.21. The van der Waals surface area contributed by atoms with Gasteiger partial charge in [0.2, 0.25) is 5.91 Å². The molecule has 1 aromatic carbocycles. The highest BCUT2D eigenvalue weighted by atomic mass is 79.9. The molecule has 0 aliphatic heterocycles. The van der Waals surface area contributed by atoms with Crippen LogP contribution in [0.5, 0.6) is 0 Å². The average Bonchev–Trinajstić information content (AvgIpc) is 2.88. The first kappa shape index (κ1) is 16.8. The smallest absolute Gasteiger partial charge is 0.244 e. The molecule has 0 fully saturated rings. The molecule has 1 unspecified atom stereocenters. The van der Waals surface area contributed by atoms with Crippen molar-refractivity contribution in [1.29, 1.82) is 0 Å². The molecule has 0 aliphatic carbocycles. The third-order valence-electron chi connectivity index (χ3n) is 2.98. The van der Waals surface area contributed by atoms with Crippen LogP contribution in [0.3, 0.4) is 0 Å². The number of rotatable bonds is 6. The van der Waals surface area contributed by atoms with Gasteiger partial charge in [-0.3, -0.25) is 10.2 Å². The van der Waals surface area contributed by atoms with Crippen LogP contribution in [0.4, 0.5) is 5.69 Å². The van der Waals surface area contributed by atoms with Gasteiger partial charge in [-0.25, -0.2) is 5.84 Å². The highest BCUT2D eigenvalue weighted by molar-refractivity contribution is 9.10. The second-order valence-corrected chi connectivity index (χ2v) is 6.49. The molecule has 1 atom stereocenters. The van der Waals surface area contributed by atoms with E-state index in [0.717, 1.165) is 16.0 Å². The molecule has 22 heavy (non-hydrogen) atoms. The second kappa shape index (κ2) is 7.61. The molecular formula is C13H17BrN6OS. The van der Waals surface area contributed by atoms with Crippen LogP contribution in [-0.4, -0.2) is 26.4 Å². The minimum Gasteiger partial charge on any atom is -0.375 e. The Bertz CT molecular complexity index is 644. The maximum Gasteiger partial charge on any atom is 0.244 e. The summed E-state index contributed by atoms with van der Waals surface area (Å²) in [5, 5.41) is 12.3. The molecule has 0 aliphatic rings. The fourth-order valence-corrected chi connectivity index (χ4v) is 2.85. The highest BCUT2D eigenvalue weighted by Gasteiger charge is 2.16. The minimum atomic E-state index is -0.254. The van der Waals surface area contributed by atoms with Crippen LogP contribution in [0.15, 0.2) is 33.9 Å². The Labute approximate surface area is 141 Å². The lowest BCUT2D eigenvalue weighted by Gasteiger charge is -2.14. The number of nitrogens with one attached hydrogen (secondary N) is 2. The van der Waals surface area contributed by atoms with Gasteiger partial charge in [0.05, 0.1) is 11.8 Å². The number of thioether (sulfide) groups is 1. The summed E-state index contributed by atoms with van der Waals surface area (Å²) >= 11 is 4.70. The van der Waals surface area contributed by atoms with Gasteiger partial charge < -0.3 is 9.88 Å². The van der Waals surface area contributed by atoms with Gasteiger partial charge in [-0.1, -0.05) is 27.7 Å². The number of carbonyl (C=O) groups is 1. The van der Waals surface area contributed by atoms with E-state index in [1.54, 1.807) is 0 Å². The van der Waals surface area contributed by atoms with E-state index in [4.69, 9.17) is 5.84 Å². The van der Waals surface area contributed by atoms with E-state index in [2.05, 4.69) is 36.9 Å². The summed E-state index contributed by atoms with van der Waals surface area (Å²) in [6.45, 7) is 2.01. The Morgan fingerprint density at radius 3 is 2.73 bits per heavy atom. The number of hydrazine groups is 1. The second-order valence-electron chi connectivity index (χ2n) is 4.63. The lowest BCUT2D eigenvalue weighted by molar-refractivity contribution is -0.118. The van der Waals surface area contributed by atoms with E-state index in [9.17, 15) is 4.79 Å². The molecule has 2 aromatic rings. The fourth-order valence-electron chi connectivity index (χ4n) is 1.86. The van der Waals surface area contributed by atoms with E-state index < -0.39 is 0 Å². The van der Waals surface area contributed by atoms with Crippen molar-refractivity contribution in [1.82, 2.24) is 20.2 Å². The van der Waals surface area contributed by atoms with Crippen molar-refractivity contribution in [2.75, 3.05) is 11.1 Å². The van der Waals surface area contributed by atoms with Crippen molar-refractivity contribution < 1.29 is 4.79 Å². The van der Waals surface area contributed by atoms with Gasteiger partial charge in [0.15, 0.2) is 11.0 Å². The van der Waals surface area contributed by atoms with E-state index in [-0.39, 0.29) is 17.7 Å². The van der Waals surface area contributed by atoms with Crippen LogP contribution in [0.1, 0.15) is 18.8 Å². The number of benzene rings is 1. The zero-order valence-electron chi connectivity index (χ0n) is 12.2. The molecule has 0 spiro atoms. The number of nitrogens with two attached hydrogens (primary N) is 1. The Morgan fingerprint density at radius 2 is 2.09 bits per heavy atom. The Hall–Kier alpha value is -1.58. The molecule has 1 aromatic heterocycles. The molecule has 0 saturated carbocycles. The number of nitrogens with zero attached hydrogens (tertiary/aromatic N) is 3. The molecule has 9 heteroatoms. The molecule has 7 nitrogen and oxygen atoms in total. The van der Waals surface area contributed by atoms with Crippen molar-refractivity contribution in [3.05, 3.63) is 34.6 Å². The van der Waals surface area contributed by atoms with Gasteiger partial charge >= 0.3 is 0 Å². The normalized spacial score (nSPS) is 12.0. The lowest BCUT2D eigenvalue weighted by Crippen LogP contribution is -2.31. The zero-order valence-corrected chi connectivity index (χ0v) is 14.6. The van der Waals surface area contributed by atoms with Crippen LogP contribution < -0.4 is 16.6 Å². The maximum atomic E-state index is 11.2. The predicted octanol–water partition coefficient (Wildman–Crippen LogP) is 1.83. The third-order valence-corrected chi connectivity index (χ3v) is 4.53. The van der Waals surface area contributed by atoms with Gasteiger partial charge in [-0.2, -0.15) is 0 Å². The topological polar surface area (TPSA) is 97.9 Å². The van der Waals surface area contributed by atoms with Crippen LogP contribution in [-0.2, 0) is 11.8 Å². The summed E-state index contributed by atoms with van der Waals surface area (Å²) in [6, 6.07) is 7.89. The van der Waals surface area contributed by atoms with E-state index in [1.807, 2.05) is 42.8 Å². The first-order chi connectivity index (χ1) is 10.5. The number of hydrogen-bond donors (Lipinski definition) is 3. The van der Waals surface area contributed by atoms with Crippen LogP contribution in [0, 0.1) is 0 Å². The quantitative estimate of drug-likeness (QED) is 0.304. The summed E-state index contributed by atoms with van der Waals surface area (Å²) < 4.78 is 2.89. The number of amides is 1. The molecule has 2 rings (SSSR count). The van der Waals surface area contributed by atoms with E-state index >= 15 is 0 Å². The van der Waals surface area contributed by atoms with Crippen LogP contribution >= 0.6 is 27.7 Å². The van der Waals surface area contributed by atoms with Crippen LogP contribution in [0.2, 0.25) is 0 Å². The lowest BCUT2D eigenvalue weighted by atomic mass is 10.2. The standard InChI is InChI=1S/C13H17BrN6OS/c1-8(16-10-5-3-9(14)4-6-10)12-18-19-13(20(12)2)22-7-11(21)17-15/h3-6,8,16H,7,15H2,1-2H3,(H,17,21). The summed E-state index contributed by atoms with van der Waals surface area (Å²) in [5.74, 6) is 5.80. The Morgan fingerprint density at radius 1 is 1.41 bits per heavy atom. The monoisotopic (exact) mass is 384 g/mol. The largest absolute Gasteiger partial charge is 0.375 e. The molecule has 0 saturated heterocycles.